The van der Waals surface area contributed by atoms with Gasteiger partial charge in [0.15, 0.2) is 5.82 Å². The molecule has 0 saturated heterocycles. The van der Waals surface area contributed by atoms with Gasteiger partial charge >= 0.3 is 0 Å². The van der Waals surface area contributed by atoms with Gasteiger partial charge in [-0.15, -0.1) is 143 Å². The maximum absolute atomic E-state index is 8.56. The second kappa shape index (κ2) is 35.3. The van der Waals surface area contributed by atoms with Crippen molar-refractivity contribution in [3.8, 4) is 67.9 Å². The Morgan fingerprint density at radius 3 is 1.49 bits per heavy atom. The van der Waals surface area contributed by atoms with Crippen molar-refractivity contribution in [3.05, 3.63) is 225 Å². The van der Waals surface area contributed by atoms with Gasteiger partial charge in [0.2, 0.25) is 0 Å². The zero-order chi connectivity index (χ0) is 55.4. The van der Waals surface area contributed by atoms with E-state index in [1.807, 2.05) is 153 Å². The van der Waals surface area contributed by atoms with E-state index in [0.717, 1.165) is 68.3 Å². The molecule has 2 bridgehead atoms. The second-order valence-electron chi connectivity index (χ2n) is 20.5. The molecule has 2 N–H and O–H groups in total. The minimum atomic E-state index is -0.375. The molecule has 17 heteroatoms. The molecule has 0 amide bonds. The molecule has 2 aliphatic carbocycles. The van der Waals surface area contributed by atoms with Crippen molar-refractivity contribution in [3.63, 3.8) is 0 Å². The molecule has 10 aromatic rings. The van der Waals surface area contributed by atoms with Crippen LogP contribution in [0, 0.1) is 43.0 Å². The predicted molar refractivity (Wildman–Crippen MR) is 309 cm³/mol. The Morgan fingerprint density at radius 1 is 0.470 bits per heavy atom. The number of aryl methyl sites for hydroxylation is 1. The molecule has 4 radical (unpaired) electrons. The van der Waals surface area contributed by atoms with Crippen molar-refractivity contribution in [2.24, 2.45) is 11.8 Å². The first-order valence-corrected chi connectivity index (χ1v) is 26.6. The number of hydrogen-bond acceptors (Lipinski definition) is 13. The van der Waals surface area contributed by atoms with E-state index in [-0.39, 0.29) is 98.0 Å². The van der Waals surface area contributed by atoms with Crippen molar-refractivity contribution < 1.29 is 90.6 Å². The Kier molecular flexibility index (Phi) is 29.5. The van der Waals surface area contributed by atoms with Crippen LogP contribution in [0.25, 0.3) is 67.9 Å². The van der Waals surface area contributed by atoms with E-state index in [2.05, 4.69) is 107 Å². The standard InChI is InChI=1S/C16H16N3.C16H12N3.C15H10N3.C14H15N2.C5H12O2.4Ir/c1-2-4-12(5-3-1)15-17-10-18-16(19-15)14-9-11-6-7-13(14)8-11;1-12-17-11-18-16(19-12)15-9-5-8-14(10-15)13-6-3-2-4-7-13;1-3-7-12(8-4-1)14-16-11-17-15(18-14)13-9-5-2-6-10-13;1-14(2,3)13-9-12(15-10-16-13)11-7-5-4-6-8-11;1-4(6)3-5(2)7;;;;/h1-4,10-11,13-14H,6-9H2;2-8,10-11H,1H3;1-9,11H;4-7,9-10H,1-3H3;4-7H,3H2,1-2H3;;;;/q4*-1;;;;;. The van der Waals surface area contributed by atoms with Gasteiger partial charge < -0.3 is 10.2 Å². The fourth-order valence-corrected chi connectivity index (χ4v) is 9.27. The number of nitrogens with zero attached hydrogens (tertiary/aromatic N) is 11. The van der Waals surface area contributed by atoms with Gasteiger partial charge in [-0.05, 0) is 69.5 Å². The van der Waals surface area contributed by atoms with E-state index < -0.39 is 0 Å². The SMILES string of the molecule is CC(C)(C)c1cc(-c2[c-]cccc2)ncn1.CC(O)CC(C)O.Cc1ncnc(-c2[c-]ccc(-c3ccccc3)c2)n1.[Ir].[Ir].[Ir].[Ir].[c-]1ccccc1-c1ncnc(-c2ccccc2)n1.[c-]1ccccc1-c1ncnc(C2CC3CCC2C3)n1. The van der Waals surface area contributed by atoms with Crippen LogP contribution in [0.5, 0.6) is 0 Å². The van der Waals surface area contributed by atoms with Crippen molar-refractivity contribution in [1.82, 2.24) is 54.8 Å². The second-order valence-corrected chi connectivity index (χ2v) is 20.5. The fraction of sp³-hybridized carbons (Fsp3) is 0.258. The predicted octanol–water partition coefficient (Wildman–Crippen LogP) is 12.9. The Morgan fingerprint density at radius 2 is 0.976 bits per heavy atom. The zero-order valence-electron chi connectivity index (χ0n) is 46.9. The summed E-state index contributed by atoms with van der Waals surface area (Å²) in [5.74, 6) is 6.72. The molecule has 0 aliphatic heterocycles. The van der Waals surface area contributed by atoms with Crippen molar-refractivity contribution in [2.75, 3.05) is 0 Å². The molecule has 2 aliphatic rings. The molecule has 5 unspecified atom stereocenters. The topological polar surface area (TPSA) is 182 Å². The number of fused-ring (bicyclic) bond motifs is 2. The van der Waals surface area contributed by atoms with Crippen LogP contribution in [0.2, 0.25) is 0 Å². The van der Waals surface area contributed by atoms with E-state index >= 15 is 0 Å². The Balaban J connectivity index is 0.000000226. The van der Waals surface area contributed by atoms with E-state index in [4.69, 9.17) is 15.2 Å². The smallest absolute Gasteiger partial charge is 0.153 e. The van der Waals surface area contributed by atoms with Crippen LogP contribution in [0.15, 0.2) is 183 Å². The Bertz CT molecular complexity index is 3370. The summed E-state index contributed by atoms with van der Waals surface area (Å²) < 4.78 is 0. The Hall–Kier alpha value is -6.05. The van der Waals surface area contributed by atoms with Gasteiger partial charge in [-0.2, -0.15) is 0 Å². The molecular weight excluding hydrogens is 1750 g/mol. The van der Waals surface area contributed by atoms with Gasteiger partial charge in [0.25, 0.3) is 0 Å². The number of rotatable bonds is 9. The van der Waals surface area contributed by atoms with E-state index in [9.17, 15) is 0 Å². The molecule has 2 saturated carbocycles. The summed E-state index contributed by atoms with van der Waals surface area (Å²) in [6, 6.07) is 64.1. The number of hydrogen-bond donors (Lipinski definition) is 2. The minimum Gasteiger partial charge on any atom is -0.393 e. The summed E-state index contributed by atoms with van der Waals surface area (Å²) in [6.07, 6.45) is 11.5. The summed E-state index contributed by atoms with van der Waals surface area (Å²) in [6.45, 7) is 11.6. The molecule has 4 aromatic heterocycles. The third kappa shape index (κ3) is 21.5. The maximum Gasteiger partial charge on any atom is 0.153 e. The van der Waals surface area contributed by atoms with E-state index in [1.54, 1.807) is 26.5 Å². The van der Waals surface area contributed by atoms with Gasteiger partial charge in [0, 0.05) is 103 Å². The number of benzene rings is 6. The largest absolute Gasteiger partial charge is 0.393 e. The zero-order valence-corrected chi connectivity index (χ0v) is 56.5. The van der Waals surface area contributed by atoms with Crippen LogP contribution < -0.4 is 0 Å². The molecule has 5 atom stereocenters. The summed E-state index contributed by atoms with van der Waals surface area (Å²) in [4.78, 5) is 47.4. The average molecular weight is 1810 g/mol. The van der Waals surface area contributed by atoms with Crippen LogP contribution in [0.1, 0.15) is 90.0 Å². The summed E-state index contributed by atoms with van der Waals surface area (Å²) in [5.41, 5.74) is 9.03. The van der Waals surface area contributed by atoms with Gasteiger partial charge in [-0.25, -0.2) is 19.9 Å². The first-order chi connectivity index (χ1) is 38.4. The number of aliphatic hydroxyl groups is 2. The molecule has 2 fully saturated rings. The monoisotopic (exact) mass is 1820 g/mol. The van der Waals surface area contributed by atoms with Crippen LogP contribution in [-0.4, -0.2) is 77.2 Å². The molecule has 13 nitrogen and oxygen atoms in total. The van der Waals surface area contributed by atoms with Gasteiger partial charge in [-0.1, -0.05) is 93.9 Å². The van der Waals surface area contributed by atoms with Crippen LogP contribution >= 0.6 is 0 Å². The molecule has 436 valence electrons. The Labute approximate surface area is 542 Å². The maximum atomic E-state index is 8.56. The van der Waals surface area contributed by atoms with Crippen LogP contribution in [0.3, 0.4) is 0 Å². The number of aromatic nitrogens is 11. The number of aliphatic hydroxyl groups excluding tert-OH is 2. The van der Waals surface area contributed by atoms with E-state index in [1.165, 1.54) is 43.9 Å². The van der Waals surface area contributed by atoms with Crippen LogP contribution in [0.4, 0.5) is 0 Å². The quantitative estimate of drug-likeness (QED) is 0.130. The van der Waals surface area contributed by atoms with Crippen molar-refractivity contribution in [2.45, 2.75) is 97.2 Å². The third-order valence-electron chi connectivity index (χ3n) is 13.1. The summed E-state index contributed by atoms with van der Waals surface area (Å²) in [7, 11) is 0. The third-order valence-corrected chi connectivity index (χ3v) is 13.1. The first-order valence-electron chi connectivity index (χ1n) is 26.6. The fourth-order valence-electron chi connectivity index (χ4n) is 9.27. The molecule has 0 spiro atoms. The van der Waals surface area contributed by atoms with Gasteiger partial charge in [0.05, 0.1) is 29.7 Å². The molecule has 83 heavy (non-hydrogen) atoms. The minimum absolute atomic E-state index is 0. The normalized spacial score (nSPS) is 15.0. The first kappa shape index (κ1) is 69.4. The van der Waals surface area contributed by atoms with Gasteiger partial charge in [-0.3, -0.25) is 34.9 Å². The van der Waals surface area contributed by atoms with Crippen molar-refractivity contribution >= 4 is 0 Å². The van der Waals surface area contributed by atoms with Crippen LogP contribution in [-0.2, 0) is 85.8 Å². The van der Waals surface area contributed by atoms with Gasteiger partial charge in [0.1, 0.15) is 37.0 Å². The van der Waals surface area contributed by atoms with E-state index in [0.29, 0.717) is 35.6 Å². The van der Waals surface area contributed by atoms with Crippen molar-refractivity contribution in [1.29, 1.82) is 0 Å². The molecule has 4 heterocycles. The molecular formula is C66H65Ir4N11O2-4. The summed E-state index contributed by atoms with van der Waals surface area (Å²) >= 11 is 0. The molecule has 12 rings (SSSR count). The molecule has 6 aromatic carbocycles. The average Bonchev–Trinajstić information content (AvgIpc) is 4.16. The summed E-state index contributed by atoms with van der Waals surface area (Å²) in [5, 5.41) is 17.1.